The first kappa shape index (κ1) is 10.6. The van der Waals surface area contributed by atoms with E-state index in [0.29, 0.717) is 12.3 Å². The Bertz CT molecular complexity index is 453. The van der Waals surface area contributed by atoms with E-state index in [1.54, 1.807) is 0 Å². The summed E-state index contributed by atoms with van der Waals surface area (Å²) in [5, 5.41) is 0. The lowest BCUT2D eigenvalue weighted by molar-refractivity contribution is -0.117. The fourth-order valence-electron chi connectivity index (χ4n) is 2.59. The van der Waals surface area contributed by atoms with Crippen LogP contribution in [0.15, 0.2) is 18.2 Å². The molecular weight excluding hydrogens is 216 g/mol. The van der Waals surface area contributed by atoms with Gasteiger partial charge in [0, 0.05) is 30.4 Å². The summed E-state index contributed by atoms with van der Waals surface area (Å²) in [7, 11) is 0. The predicted molar refractivity (Wildman–Crippen MR) is 65.8 cm³/mol. The molecule has 2 aliphatic rings. The van der Waals surface area contributed by atoms with Crippen molar-refractivity contribution in [1.82, 2.24) is 0 Å². The van der Waals surface area contributed by atoms with Gasteiger partial charge in [0.25, 0.3) is 0 Å². The van der Waals surface area contributed by atoms with E-state index in [0.717, 1.165) is 43.1 Å². The third-order valence-corrected chi connectivity index (χ3v) is 3.50. The van der Waals surface area contributed by atoms with E-state index in [4.69, 9.17) is 10.5 Å². The number of ether oxygens (including phenoxy) is 1. The number of nitrogen functional groups attached to an aromatic ring is 1. The summed E-state index contributed by atoms with van der Waals surface area (Å²) in [4.78, 5) is 13.9. The van der Waals surface area contributed by atoms with Crippen molar-refractivity contribution in [3.05, 3.63) is 23.8 Å². The number of benzene rings is 1. The van der Waals surface area contributed by atoms with E-state index in [2.05, 4.69) is 0 Å². The van der Waals surface area contributed by atoms with E-state index >= 15 is 0 Å². The summed E-state index contributed by atoms with van der Waals surface area (Å²) in [6, 6.07) is 5.71. The number of nitrogens with zero attached hydrogens (tertiary/aromatic N) is 1. The summed E-state index contributed by atoms with van der Waals surface area (Å²) in [6.07, 6.45) is 1.53. The molecule has 3 rings (SSSR count). The van der Waals surface area contributed by atoms with Crippen molar-refractivity contribution < 1.29 is 9.53 Å². The van der Waals surface area contributed by atoms with Crippen LogP contribution < -0.4 is 10.6 Å². The van der Waals surface area contributed by atoms with Crippen molar-refractivity contribution in [3.8, 4) is 0 Å². The number of carbonyl (C=O) groups excluding carboxylic acids is 1. The summed E-state index contributed by atoms with van der Waals surface area (Å²) >= 11 is 0. The van der Waals surface area contributed by atoms with E-state index in [1.807, 2.05) is 23.1 Å². The summed E-state index contributed by atoms with van der Waals surface area (Å²) < 4.78 is 5.35. The number of amides is 1. The Morgan fingerprint density at radius 3 is 3.12 bits per heavy atom. The molecule has 1 aromatic carbocycles. The Morgan fingerprint density at radius 2 is 2.35 bits per heavy atom. The first-order chi connectivity index (χ1) is 8.24. The smallest absolute Gasteiger partial charge is 0.231 e. The Balaban J connectivity index is 1.83. The molecule has 17 heavy (non-hydrogen) atoms. The topological polar surface area (TPSA) is 55.6 Å². The second-order valence-corrected chi connectivity index (χ2v) is 4.80. The first-order valence-electron chi connectivity index (χ1n) is 6.00. The molecule has 1 amide bonds. The molecular formula is C13H16N2O2. The third kappa shape index (κ3) is 1.89. The fraction of sp³-hybridized carbons (Fsp3) is 0.462. The van der Waals surface area contributed by atoms with Crippen LogP contribution in [0.4, 0.5) is 11.4 Å². The molecule has 1 atom stereocenters. The normalized spacial score (nSPS) is 23.2. The monoisotopic (exact) mass is 232 g/mol. The van der Waals surface area contributed by atoms with Gasteiger partial charge in [0.05, 0.1) is 13.0 Å². The van der Waals surface area contributed by atoms with Gasteiger partial charge in [-0.2, -0.15) is 0 Å². The Kier molecular flexibility index (Phi) is 2.52. The zero-order valence-corrected chi connectivity index (χ0v) is 9.69. The molecule has 1 fully saturated rings. The number of anilines is 2. The average Bonchev–Trinajstić information content (AvgIpc) is 2.88. The summed E-state index contributed by atoms with van der Waals surface area (Å²) in [6.45, 7) is 2.37. The lowest BCUT2D eigenvalue weighted by Crippen LogP contribution is -2.32. The highest BCUT2D eigenvalue weighted by atomic mass is 16.5. The highest BCUT2D eigenvalue weighted by Gasteiger charge is 2.30. The van der Waals surface area contributed by atoms with E-state index in [-0.39, 0.29) is 5.91 Å². The molecule has 4 nitrogen and oxygen atoms in total. The van der Waals surface area contributed by atoms with E-state index in [1.165, 1.54) is 0 Å². The van der Waals surface area contributed by atoms with Crippen LogP contribution in [-0.4, -0.2) is 25.7 Å². The maximum Gasteiger partial charge on any atom is 0.231 e. The molecule has 0 saturated carbocycles. The van der Waals surface area contributed by atoms with Crippen molar-refractivity contribution in [1.29, 1.82) is 0 Å². The number of hydrogen-bond acceptors (Lipinski definition) is 3. The van der Waals surface area contributed by atoms with Crippen LogP contribution in [0.1, 0.15) is 12.0 Å². The van der Waals surface area contributed by atoms with Crippen LogP contribution in [0.3, 0.4) is 0 Å². The Labute approximate surface area is 100 Å². The highest BCUT2D eigenvalue weighted by Crippen LogP contribution is 2.31. The number of nitrogens with two attached hydrogens (primary N) is 1. The maximum absolute atomic E-state index is 12.0. The molecule has 2 N–H and O–H groups in total. The van der Waals surface area contributed by atoms with Gasteiger partial charge in [0.2, 0.25) is 5.91 Å². The van der Waals surface area contributed by atoms with Gasteiger partial charge in [-0.25, -0.2) is 0 Å². The Hall–Kier alpha value is -1.55. The summed E-state index contributed by atoms with van der Waals surface area (Å²) in [5.41, 5.74) is 8.53. The molecule has 2 aliphatic heterocycles. The van der Waals surface area contributed by atoms with Gasteiger partial charge in [-0.05, 0) is 30.2 Å². The molecule has 90 valence electrons. The zero-order chi connectivity index (χ0) is 11.8. The number of rotatable bonds is 2. The van der Waals surface area contributed by atoms with Gasteiger partial charge in [0.15, 0.2) is 0 Å². The van der Waals surface area contributed by atoms with Gasteiger partial charge >= 0.3 is 0 Å². The quantitative estimate of drug-likeness (QED) is 0.779. The minimum absolute atomic E-state index is 0.178. The minimum Gasteiger partial charge on any atom is -0.399 e. The molecule has 1 aromatic rings. The van der Waals surface area contributed by atoms with Gasteiger partial charge in [-0.15, -0.1) is 0 Å². The SMILES string of the molecule is Nc1ccc2c(c1)CC(=O)N2CC1CCOC1. The van der Waals surface area contributed by atoms with Crippen molar-refractivity contribution in [2.45, 2.75) is 12.8 Å². The lowest BCUT2D eigenvalue weighted by Gasteiger charge is -2.20. The average molecular weight is 232 g/mol. The van der Waals surface area contributed by atoms with E-state index in [9.17, 15) is 4.79 Å². The molecule has 0 aliphatic carbocycles. The highest BCUT2D eigenvalue weighted by molar-refractivity contribution is 6.01. The van der Waals surface area contributed by atoms with Crippen LogP contribution in [0, 0.1) is 5.92 Å². The van der Waals surface area contributed by atoms with Crippen molar-refractivity contribution in [2.75, 3.05) is 30.4 Å². The lowest BCUT2D eigenvalue weighted by atomic mass is 10.1. The second-order valence-electron chi connectivity index (χ2n) is 4.80. The molecule has 0 bridgehead atoms. The second kappa shape index (κ2) is 4.04. The molecule has 1 unspecified atom stereocenters. The third-order valence-electron chi connectivity index (χ3n) is 3.50. The number of hydrogen-bond donors (Lipinski definition) is 1. The van der Waals surface area contributed by atoms with Crippen molar-refractivity contribution in [3.63, 3.8) is 0 Å². The minimum atomic E-state index is 0.178. The van der Waals surface area contributed by atoms with Gasteiger partial charge in [-0.1, -0.05) is 0 Å². The van der Waals surface area contributed by atoms with Crippen molar-refractivity contribution >= 4 is 17.3 Å². The zero-order valence-electron chi connectivity index (χ0n) is 9.69. The van der Waals surface area contributed by atoms with Crippen LogP contribution in [-0.2, 0) is 16.0 Å². The molecule has 0 aromatic heterocycles. The molecule has 4 heteroatoms. The molecule has 0 radical (unpaired) electrons. The Morgan fingerprint density at radius 1 is 1.47 bits per heavy atom. The first-order valence-corrected chi connectivity index (χ1v) is 6.00. The number of fused-ring (bicyclic) bond motifs is 1. The fourth-order valence-corrected chi connectivity index (χ4v) is 2.59. The van der Waals surface area contributed by atoms with Crippen LogP contribution in [0.5, 0.6) is 0 Å². The van der Waals surface area contributed by atoms with Gasteiger partial charge in [0.1, 0.15) is 0 Å². The van der Waals surface area contributed by atoms with Crippen LogP contribution in [0.25, 0.3) is 0 Å². The largest absolute Gasteiger partial charge is 0.399 e. The van der Waals surface area contributed by atoms with E-state index < -0.39 is 0 Å². The molecule has 0 spiro atoms. The molecule has 2 heterocycles. The van der Waals surface area contributed by atoms with Gasteiger partial charge < -0.3 is 15.4 Å². The van der Waals surface area contributed by atoms with Crippen molar-refractivity contribution in [2.24, 2.45) is 5.92 Å². The molecule has 1 saturated heterocycles. The predicted octanol–water partition coefficient (Wildman–Crippen LogP) is 1.19. The maximum atomic E-state index is 12.0. The summed E-state index contributed by atoms with van der Waals surface area (Å²) in [5.74, 6) is 0.653. The standard InChI is InChI=1S/C13H16N2O2/c14-11-1-2-12-10(5-11)6-13(16)15(12)7-9-3-4-17-8-9/h1-2,5,9H,3-4,6-8,14H2. The van der Waals surface area contributed by atoms with Gasteiger partial charge in [-0.3, -0.25) is 4.79 Å². The number of carbonyl (C=O) groups is 1. The van der Waals surface area contributed by atoms with Crippen LogP contribution in [0.2, 0.25) is 0 Å². The van der Waals surface area contributed by atoms with Crippen LogP contribution >= 0.6 is 0 Å².